The number of pyridine rings is 1. The van der Waals surface area contributed by atoms with Gasteiger partial charge in [0.1, 0.15) is 0 Å². The smallest absolute Gasteiger partial charge is 0.339 e. The summed E-state index contributed by atoms with van der Waals surface area (Å²) in [7, 11) is 1.35. The van der Waals surface area contributed by atoms with E-state index in [9.17, 15) is 4.79 Å². The lowest BCUT2D eigenvalue weighted by Crippen LogP contribution is -2.43. The molecular weight excluding hydrogens is 248 g/mol. The first kappa shape index (κ1) is 13.9. The zero-order valence-corrected chi connectivity index (χ0v) is 10.9. The van der Waals surface area contributed by atoms with Crippen LogP contribution in [0.15, 0.2) is 18.3 Å². The SMILES string of the molecule is COC(=O)c1ccc(CN2CCOC(CO)C2)nc1. The average molecular weight is 266 g/mol. The van der Waals surface area contributed by atoms with Gasteiger partial charge in [0.25, 0.3) is 0 Å². The van der Waals surface area contributed by atoms with Gasteiger partial charge in [-0.3, -0.25) is 9.88 Å². The third-order valence-electron chi connectivity index (χ3n) is 3.06. The number of hydrogen-bond acceptors (Lipinski definition) is 6. The van der Waals surface area contributed by atoms with Crippen LogP contribution in [0.1, 0.15) is 16.1 Å². The van der Waals surface area contributed by atoms with Gasteiger partial charge in [0.2, 0.25) is 0 Å². The molecule has 2 heterocycles. The molecule has 0 radical (unpaired) electrons. The molecule has 0 amide bonds. The number of aromatic nitrogens is 1. The maximum Gasteiger partial charge on any atom is 0.339 e. The predicted molar refractivity (Wildman–Crippen MR) is 67.7 cm³/mol. The van der Waals surface area contributed by atoms with Gasteiger partial charge in [-0.1, -0.05) is 0 Å². The molecule has 104 valence electrons. The summed E-state index contributed by atoms with van der Waals surface area (Å²) in [4.78, 5) is 17.7. The molecule has 1 aliphatic heterocycles. The Morgan fingerprint density at radius 1 is 1.63 bits per heavy atom. The van der Waals surface area contributed by atoms with Crippen LogP contribution in [0.4, 0.5) is 0 Å². The minimum atomic E-state index is -0.384. The van der Waals surface area contributed by atoms with E-state index in [2.05, 4.69) is 14.6 Å². The van der Waals surface area contributed by atoms with Crippen molar-refractivity contribution < 1.29 is 19.4 Å². The maximum atomic E-state index is 11.3. The molecular formula is C13H18N2O4. The number of methoxy groups -OCH3 is 1. The van der Waals surface area contributed by atoms with Crippen LogP contribution in [0, 0.1) is 0 Å². The number of aliphatic hydroxyl groups is 1. The van der Waals surface area contributed by atoms with E-state index in [1.54, 1.807) is 6.07 Å². The number of ether oxygens (including phenoxy) is 2. The fourth-order valence-corrected chi connectivity index (χ4v) is 2.02. The molecule has 1 aromatic heterocycles. The monoisotopic (exact) mass is 266 g/mol. The summed E-state index contributed by atoms with van der Waals surface area (Å²) >= 11 is 0. The van der Waals surface area contributed by atoms with Crippen LogP contribution >= 0.6 is 0 Å². The fourth-order valence-electron chi connectivity index (χ4n) is 2.02. The van der Waals surface area contributed by atoms with Crippen LogP contribution in [0.3, 0.4) is 0 Å². The zero-order chi connectivity index (χ0) is 13.7. The molecule has 1 N–H and O–H groups in total. The number of esters is 1. The first-order valence-corrected chi connectivity index (χ1v) is 6.21. The summed E-state index contributed by atoms with van der Waals surface area (Å²) in [5.74, 6) is -0.384. The average Bonchev–Trinajstić information content (AvgIpc) is 2.47. The van der Waals surface area contributed by atoms with E-state index < -0.39 is 0 Å². The topological polar surface area (TPSA) is 71.9 Å². The molecule has 0 bridgehead atoms. The van der Waals surface area contributed by atoms with E-state index in [-0.39, 0.29) is 18.7 Å². The first-order valence-electron chi connectivity index (χ1n) is 6.21. The zero-order valence-electron chi connectivity index (χ0n) is 10.9. The lowest BCUT2D eigenvalue weighted by Gasteiger charge is -2.31. The lowest BCUT2D eigenvalue weighted by atomic mass is 10.2. The molecule has 19 heavy (non-hydrogen) atoms. The van der Waals surface area contributed by atoms with Crippen LogP contribution in [0.5, 0.6) is 0 Å². The Morgan fingerprint density at radius 2 is 2.47 bits per heavy atom. The summed E-state index contributed by atoms with van der Waals surface area (Å²) in [5.41, 5.74) is 1.33. The standard InChI is InChI=1S/C13H18N2O4/c1-18-13(17)10-2-3-11(14-6-10)7-15-4-5-19-12(8-15)9-16/h2-3,6,12,16H,4-5,7-9H2,1H3. The van der Waals surface area contributed by atoms with Gasteiger partial charge in [-0.25, -0.2) is 4.79 Å². The molecule has 1 aliphatic rings. The van der Waals surface area contributed by atoms with Crippen molar-refractivity contribution in [2.75, 3.05) is 33.4 Å². The number of carbonyl (C=O) groups is 1. The number of aliphatic hydroxyl groups excluding tert-OH is 1. The Balaban J connectivity index is 1.94. The molecule has 0 aliphatic carbocycles. The normalized spacial score (nSPS) is 20.2. The lowest BCUT2D eigenvalue weighted by molar-refractivity contribution is -0.0553. The third kappa shape index (κ3) is 3.73. The number of nitrogens with zero attached hydrogens (tertiary/aromatic N) is 2. The molecule has 1 aromatic rings. The van der Waals surface area contributed by atoms with Crippen molar-refractivity contribution in [2.45, 2.75) is 12.6 Å². The van der Waals surface area contributed by atoms with E-state index in [1.807, 2.05) is 6.07 Å². The van der Waals surface area contributed by atoms with Crippen molar-refractivity contribution in [1.82, 2.24) is 9.88 Å². The van der Waals surface area contributed by atoms with Crippen molar-refractivity contribution >= 4 is 5.97 Å². The second-order valence-corrected chi connectivity index (χ2v) is 4.44. The van der Waals surface area contributed by atoms with Crippen molar-refractivity contribution in [3.05, 3.63) is 29.6 Å². The van der Waals surface area contributed by atoms with Gasteiger partial charge in [0.05, 0.1) is 37.7 Å². The molecule has 1 unspecified atom stereocenters. The van der Waals surface area contributed by atoms with Gasteiger partial charge in [0.15, 0.2) is 0 Å². The Morgan fingerprint density at radius 3 is 3.11 bits per heavy atom. The van der Waals surface area contributed by atoms with E-state index in [0.717, 1.165) is 12.2 Å². The summed E-state index contributed by atoms with van der Waals surface area (Å²) < 4.78 is 10.0. The molecule has 6 heteroatoms. The van der Waals surface area contributed by atoms with Gasteiger partial charge >= 0.3 is 5.97 Å². The molecule has 0 spiro atoms. The number of morpholine rings is 1. The highest BCUT2D eigenvalue weighted by Gasteiger charge is 2.20. The van der Waals surface area contributed by atoms with Crippen LogP contribution < -0.4 is 0 Å². The van der Waals surface area contributed by atoms with E-state index >= 15 is 0 Å². The van der Waals surface area contributed by atoms with Gasteiger partial charge in [-0.2, -0.15) is 0 Å². The molecule has 0 saturated carbocycles. The summed E-state index contributed by atoms with van der Waals surface area (Å²) in [6, 6.07) is 3.52. The Hall–Kier alpha value is -1.50. The highest BCUT2D eigenvalue weighted by atomic mass is 16.5. The minimum absolute atomic E-state index is 0.0329. The van der Waals surface area contributed by atoms with E-state index in [1.165, 1.54) is 13.3 Å². The number of carbonyl (C=O) groups excluding carboxylic acids is 1. The van der Waals surface area contributed by atoms with Crippen molar-refractivity contribution in [1.29, 1.82) is 0 Å². The second kappa shape index (κ2) is 6.60. The molecule has 1 fully saturated rings. The van der Waals surface area contributed by atoms with Crippen molar-refractivity contribution in [3.8, 4) is 0 Å². The molecule has 6 nitrogen and oxygen atoms in total. The van der Waals surface area contributed by atoms with Crippen LogP contribution in [0.2, 0.25) is 0 Å². The maximum absolute atomic E-state index is 11.3. The van der Waals surface area contributed by atoms with Gasteiger partial charge in [-0.15, -0.1) is 0 Å². The molecule has 2 rings (SSSR count). The van der Waals surface area contributed by atoms with Crippen LogP contribution in [0.25, 0.3) is 0 Å². The van der Waals surface area contributed by atoms with Gasteiger partial charge in [-0.05, 0) is 12.1 Å². The summed E-state index contributed by atoms with van der Waals surface area (Å²) in [5, 5.41) is 9.08. The van der Waals surface area contributed by atoms with Crippen LogP contribution in [-0.2, 0) is 16.0 Å². The van der Waals surface area contributed by atoms with Crippen LogP contribution in [-0.4, -0.2) is 60.5 Å². The number of rotatable bonds is 4. The fraction of sp³-hybridized carbons (Fsp3) is 0.538. The van der Waals surface area contributed by atoms with Crippen molar-refractivity contribution in [3.63, 3.8) is 0 Å². The molecule has 1 atom stereocenters. The number of hydrogen-bond donors (Lipinski definition) is 1. The summed E-state index contributed by atoms with van der Waals surface area (Å²) in [6.07, 6.45) is 1.40. The van der Waals surface area contributed by atoms with E-state index in [4.69, 9.17) is 9.84 Å². The molecule has 1 saturated heterocycles. The largest absolute Gasteiger partial charge is 0.465 e. The quantitative estimate of drug-likeness (QED) is 0.777. The third-order valence-corrected chi connectivity index (χ3v) is 3.06. The summed E-state index contributed by atoms with van der Waals surface area (Å²) in [6.45, 7) is 2.84. The van der Waals surface area contributed by atoms with E-state index in [0.29, 0.717) is 25.3 Å². The Kier molecular flexibility index (Phi) is 4.84. The highest BCUT2D eigenvalue weighted by molar-refractivity contribution is 5.88. The Labute approximate surface area is 112 Å². The second-order valence-electron chi connectivity index (χ2n) is 4.44. The minimum Gasteiger partial charge on any atom is -0.465 e. The molecule has 0 aromatic carbocycles. The van der Waals surface area contributed by atoms with Gasteiger partial charge in [0, 0.05) is 25.8 Å². The van der Waals surface area contributed by atoms with Crippen molar-refractivity contribution in [2.24, 2.45) is 0 Å². The predicted octanol–water partition coefficient (Wildman–Crippen LogP) is 0.0613. The Bertz CT molecular complexity index is 421. The van der Waals surface area contributed by atoms with Gasteiger partial charge < -0.3 is 14.6 Å². The highest BCUT2D eigenvalue weighted by Crippen LogP contribution is 2.09. The first-order chi connectivity index (χ1) is 9.22.